The van der Waals surface area contributed by atoms with Gasteiger partial charge in [-0.05, 0) is 13.0 Å². The van der Waals surface area contributed by atoms with Gasteiger partial charge < -0.3 is 5.32 Å². The molecule has 6 nitrogen and oxygen atoms in total. The number of terminal acetylenes is 1. The minimum atomic E-state index is -0.628. The van der Waals surface area contributed by atoms with Gasteiger partial charge in [0.2, 0.25) is 5.82 Å². The summed E-state index contributed by atoms with van der Waals surface area (Å²) in [5.74, 6) is 2.51. The molecule has 1 aromatic heterocycles. The van der Waals surface area contributed by atoms with Crippen molar-refractivity contribution in [1.82, 2.24) is 4.98 Å². The SMILES string of the molecule is C#CCC(C)Nc1nccc(C#N)c1[N+](=O)[O-]. The van der Waals surface area contributed by atoms with E-state index in [1.807, 2.05) is 0 Å². The fourth-order valence-corrected chi connectivity index (χ4v) is 1.30. The van der Waals surface area contributed by atoms with E-state index in [9.17, 15) is 10.1 Å². The molecule has 0 bridgehead atoms. The molecule has 1 rings (SSSR count). The number of nitro groups is 1. The molecule has 0 spiro atoms. The van der Waals surface area contributed by atoms with E-state index in [4.69, 9.17) is 11.7 Å². The van der Waals surface area contributed by atoms with Crippen LogP contribution in [-0.2, 0) is 0 Å². The Kier molecular flexibility index (Phi) is 4.02. The molecule has 86 valence electrons. The average Bonchev–Trinajstić information content (AvgIpc) is 2.28. The monoisotopic (exact) mass is 230 g/mol. The van der Waals surface area contributed by atoms with Crippen molar-refractivity contribution in [2.45, 2.75) is 19.4 Å². The molecule has 6 heteroatoms. The lowest BCUT2D eigenvalue weighted by molar-refractivity contribution is -0.384. The van der Waals surface area contributed by atoms with Crippen LogP contribution in [0.15, 0.2) is 12.3 Å². The maximum absolute atomic E-state index is 10.9. The molecule has 1 aromatic rings. The maximum Gasteiger partial charge on any atom is 0.328 e. The summed E-state index contributed by atoms with van der Waals surface area (Å²) in [5, 5.41) is 22.5. The first-order valence-electron chi connectivity index (χ1n) is 4.83. The Bertz CT molecular complexity index is 513. The predicted octanol–water partition coefficient (Wildman–Crippen LogP) is 1.69. The lowest BCUT2D eigenvalue weighted by atomic mass is 10.2. The largest absolute Gasteiger partial charge is 0.361 e. The third kappa shape index (κ3) is 2.93. The highest BCUT2D eigenvalue weighted by atomic mass is 16.6. The van der Waals surface area contributed by atoms with Crippen molar-refractivity contribution in [1.29, 1.82) is 5.26 Å². The minimum Gasteiger partial charge on any atom is -0.361 e. The summed E-state index contributed by atoms with van der Waals surface area (Å²) in [5.41, 5.74) is -0.348. The third-order valence-corrected chi connectivity index (χ3v) is 2.03. The van der Waals surface area contributed by atoms with Gasteiger partial charge in [-0.2, -0.15) is 5.26 Å². The van der Waals surface area contributed by atoms with E-state index in [1.54, 1.807) is 13.0 Å². The summed E-state index contributed by atoms with van der Waals surface area (Å²) in [4.78, 5) is 14.1. The Morgan fingerprint density at radius 2 is 2.47 bits per heavy atom. The van der Waals surface area contributed by atoms with E-state index < -0.39 is 4.92 Å². The van der Waals surface area contributed by atoms with E-state index in [1.165, 1.54) is 12.3 Å². The second kappa shape index (κ2) is 5.47. The Hall–Kier alpha value is -2.60. The molecule has 1 atom stereocenters. The number of rotatable bonds is 4. The first-order chi connectivity index (χ1) is 8.10. The van der Waals surface area contributed by atoms with E-state index in [0.717, 1.165) is 0 Å². The molecule has 0 aromatic carbocycles. The van der Waals surface area contributed by atoms with Gasteiger partial charge in [-0.15, -0.1) is 12.3 Å². The Labute approximate surface area is 98.4 Å². The zero-order valence-electron chi connectivity index (χ0n) is 9.17. The smallest absolute Gasteiger partial charge is 0.328 e. The quantitative estimate of drug-likeness (QED) is 0.482. The zero-order chi connectivity index (χ0) is 12.8. The van der Waals surface area contributed by atoms with E-state index in [-0.39, 0.29) is 23.1 Å². The van der Waals surface area contributed by atoms with Crippen molar-refractivity contribution in [3.8, 4) is 18.4 Å². The summed E-state index contributed by atoms with van der Waals surface area (Å²) in [6, 6.07) is 2.91. The van der Waals surface area contributed by atoms with Crippen LogP contribution in [-0.4, -0.2) is 15.9 Å². The number of nitrogens with zero attached hydrogens (tertiary/aromatic N) is 3. The van der Waals surface area contributed by atoms with Crippen molar-refractivity contribution in [2.75, 3.05) is 5.32 Å². The van der Waals surface area contributed by atoms with Crippen molar-refractivity contribution in [3.05, 3.63) is 27.9 Å². The molecule has 17 heavy (non-hydrogen) atoms. The van der Waals surface area contributed by atoms with Gasteiger partial charge in [-0.3, -0.25) is 10.1 Å². The molecule has 1 N–H and O–H groups in total. The topological polar surface area (TPSA) is 91.8 Å². The number of anilines is 1. The van der Waals surface area contributed by atoms with E-state index in [0.29, 0.717) is 6.42 Å². The van der Waals surface area contributed by atoms with Gasteiger partial charge in [0.25, 0.3) is 0 Å². The van der Waals surface area contributed by atoms with Crippen LogP contribution in [0.3, 0.4) is 0 Å². The van der Waals surface area contributed by atoms with E-state index in [2.05, 4.69) is 16.2 Å². The van der Waals surface area contributed by atoms with Gasteiger partial charge in [-0.1, -0.05) is 0 Å². The van der Waals surface area contributed by atoms with Crippen molar-refractivity contribution >= 4 is 11.5 Å². The summed E-state index contributed by atoms with van der Waals surface area (Å²) in [6.45, 7) is 1.78. The lowest BCUT2D eigenvalue weighted by Crippen LogP contribution is -2.16. The average molecular weight is 230 g/mol. The number of hydrogen-bond donors (Lipinski definition) is 1. The molecule has 0 aliphatic rings. The van der Waals surface area contributed by atoms with Crippen molar-refractivity contribution < 1.29 is 4.92 Å². The number of hydrogen-bond acceptors (Lipinski definition) is 5. The van der Waals surface area contributed by atoms with Crippen molar-refractivity contribution in [2.24, 2.45) is 0 Å². The second-order valence-electron chi connectivity index (χ2n) is 3.38. The summed E-state index contributed by atoms with van der Waals surface area (Å²) in [6.07, 6.45) is 6.90. The molecule has 0 fully saturated rings. The molecule has 1 unspecified atom stereocenters. The van der Waals surface area contributed by atoms with Gasteiger partial charge in [-0.25, -0.2) is 4.98 Å². The van der Waals surface area contributed by atoms with Crippen LogP contribution in [0, 0.1) is 33.8 Å². The summed E-state index contributed by atoms with van der Waals surface area (Å²) < 4.78 is 0. The molecule has 1 heterocycles. The lowest BCUT2D eigenvalue weighted by Gasteiger charge is -2.11. The van der Waals surface area contributed by atoms with Crippen LogP contribution in [0.25, 0.3) is 0 Å². The first-order valence-corrected chi connectivity index (χ1v) is 4.83. The standard InChI is InChI=1S/C11H10N4O2/c1-3-4-8(2)14-11-10(15(16)17)9(7-12)5-6-13-11/h1,5-6,8H,4H2,2H3,(H,13,14). The van der Waals surface area contributed by atoms with Crippen LogP contribution >= 0.6 is 0 Å². The van der Waals surface area contributed by atoms with Crippen LogP contribution in [0.2, 0.25) is 0 Å². The molecule has 0 amide bonds. The van der Waals surface area contributed by atoms with Crippen LogP contribution in [0.1, 0.15) is 18.9 Å². The zero-order valence-corrected chi connectivity index (χ0v) is 9.17. The van der Waals surface area contributed by atoms with E-state index >= 15 is 0 Å². The number of aromatic nitrogens is 1. The third-order valence-electron chi connectivity index (χ3n) is 2.03. The minimum absolute atomic E-state index is 0.0274. The molecule has 0 aliphatic carbocycles. The number of pyridine rings is 1. The molecule has 0 saturated carbocycles. The highest BCUT2D eigenvalue weighted by molar-refractivity contribution is 5.64. The van der Waals surface area contributed by atoms with Crippen LogP contribution in [0.5, 0.6) is 0 Å². The van der Waals surface area contributed by atoms with Crippen LogP contribution < -0.4 is 5.32 Å². The van der Waals surface area contributed by atoms with Gasteiger partial charge >= 0.3 is 5.69 Å². The van der Waals surface area contributed by atoms with Crippen LogP contribution in [0.4, 0.5) is 11.5 Å². The summed E-state index contributed by atoms with van der Waals surface area (Å²) in [7, 11) is 0. The molecule has 0 saturated heterocycles. The van der Waals surface area contributed by atoms with Gasteiger partial charge in [0.1, 0.15) is 11.6 Å². The predicted molar refractivity (Wildman–Crippen MR) is 62.1 cm³/mol. The Morgan fingerprint density at radius 1 is 1.76 bits per heavy atom. The number of nitriles is 1. The fourth-order valence-electron chi connectivity index (χ4n) is 1.30. The van der Waals surface area contributed by atoms with Gasteiger partial charge in [0.15, 0.2) is 0 Å². The molecule has 0 aliphatic heterocycles. The second-order valence-corrected chi connectivity index (χ2v) is 3.38. The summed E-state index contributed by atoms with van der Waals surface area (Å²) >= 11 is 0. The first kappa shape index (κ1) is 12.5. The highest BCUT2D eigenvalue weighted by Gasteiger charge is 2.21. The Balaban J connectivity index is 3.12. The number of nitrogens with one attached hydrogen (secondary N) is 1. The maximum atomic E-state index is 10.9. The van der Waals surface area contributed by atoms with Crippen molar-refractivity contribution in [3.63, 3.8) is 0 Å². The Morgan fingerprint density at radius 3 is 3.00 bits per heavy atom. The molecular formula is C11H10N4O2. The normalized spacial score (nSPS) is 11.0. The fraction of sp³-hybridized carbons (Fsp3) is 0.273. The van der Waals surface area contributed by atoms with Gasteiger partial charge in [0.05, 0.1) is 4.92 Å². The molecule has 0 radical (unpaired) electrons. The molecular weight excluding hydrogens is 220 g/mol. The highest BCUT2D eigenvalue weighted by Crippen LogP contribution is 2.26. The van der Waals surface area contributed by atoms with Gasteiger partial charge in [0, 0.05) is 18.7 Å².